The minimum atomic E-state index is -0.600. The van der Waals surface area contributed by atoms with Crippen LogP contribution in [0.2, 0.25) is 0 Å². The highest BCUT2D eigenvalue weighted by atomic mass is 32.2. The zero-order valence-electron chi connectivity index (χ0n) is 13.3. The van der Waals surface area contributed by atoms with Crippen LogP contribution < -0.4 is 0 Å². The van der Waals surface area contributed by atoms with Gasteiger partial charge in [-0.25, -0.2) is 0 Å². The van der Waals surface area contributed by atoms with Crippen molar-refractivity contribution in [2.75, 3.05) is 5.75 Å². The molecule has 3 atom stereocenters. The molecule has 1 heterocycles. The molecule has 21 heavy (non-hydrogen) atoms. The predicted molar refractivity (Wildman–Crippen MR) is 89.5 cm³/mol. The molecular weight excluding hydrogens is 280 g/mol. The molecule has 0 amide bonds. The summed E-state index contributed by atoms with van der Waals surface area (Å²) in [5, 5.41) is 10.2. The van der Waals surface area contributed by atoms with E-state index in [1.165, 1.54) is 30.6 Å². The van der Waals surface area contributed by atoms with Crippen LogP contribution in [0, 0.1) is 5.92 Å². The molecule has 0 saturated carbocycles. The molecular formula is C18H28O2S. The molecule has 1 aliphatic rings. The van der Waals surface area contributed by atoms with E-state index in [4.69, 9.17) is 4.74 Å². The van der Waals surface area contributed by atoms with Gasteiger partial charge in [-0.05, 0) is 31.9 Å². The number of rotatable bonds is 8. The van der Waals surface area contributed by atoms with Gasteiger partial charge in [0.15, 0.2) is 6.29 Å². The van der Waals surface area contributed by atoms with E-state index in [9.17, 15) is 5.11 Å². The van der Waals surface area contributed by atoms with Gasteiger partial charge in [0.2, 0.25) is 0 Å². The fourth-order valence-electron chi connectivity index (χ4n) is 3.04. The maximum absolute atomic E-state index is 10.2. The van der Waals surface area contributed by atoms with Crippen molar-refractivity contribution in [2.24, 2.45) is 5.92 Å². The summed E-state index contributed by atoms with van der Waals surface area (Å²) < 4.78 is 5.87. The Labute approximate surface area is 133 Å². The Hall–Kier alpha value is -0.510. The molecule has 1 aromatic carbocycles. The number of benzene rings is 1. The molecule has 2 rings (SSSR count). The second kappa shape index (κ2) is 8.21. The number of hydrogen-bond donors (Lipinski definition) is 1. The van der Waals surface area contributed by atoms with Gasteiger partial charge < -0.3 is 9.84 Å². The second-order valence-electron chi connectivity index (χ2n) is 6.36. The average molecular weight is 308 g/mol. The number of thioether (sulfide) groups is 1. The largest absolute Gasteiger partial charge is 0.368 e. The van der Waals surface area contributed by atoms with Crippen LogP contribution in [0.5, 0.6) is 0 Å². The fraction of sp³-hybridized carbons (Fsp3) is 0.667. The van der Waals surface area contributed by atoms with Crippen LogP contribution in [0.4, 0.5) is 0 Å². The van der Waals surface area contributed by atoms with Crippen molar-refractivity contribution in [3.63, 3.8) is 0 Å². The third-order valence-corrected chi connectivity index (χ3v) is 5.47. The Kier molecular flexibility index (Phi) is 6.59. The van der Waals surface area contributed by atoms with E-state index in [1.807, 2.05) is 17.8 Å². The Morgan fingerprint density at radius 3 is 2.71 bits per heavy atom. The lowest BCUT2D eigenvalue weighted by Crippen LogP contribution is -2.24. The van der Waals surface area contributed by atoms with Crippen LogP contribution in [-0.2, 0) is 4.74 Å². The van der Waals surface area contributed by atoms with Gasteiger partial charge in [0.25, 0.3) is 0 Å². The normalized spacial score (nSPS) is 28.9. The predicted octanol–water partition coefficient (Wildman–Crippen LogP) is 4.86. The van der Waals surface area contributed by atoms with Gasteiger partial charge in [0.05, 0.1) is 5.60 Å². The molecule has 0 radical (unpaired) electrons. The Morgan fingerprint density at radius 1 is 1.24 bits per heavy atom. The van der Waals surface area contributed by atoms with E-state index >= 15 is 0 Å². The van der Waals surface area contributed by atoms with Crippen molar-refractivity contribution in [3.8, 4) is 0 Å². The highest BCUT2D eigenvalue weighted by Gasteiger charge is 2.41. The Balaban J connectivity index is 1.77. The molecule has 1 saturated heterocycles. The van der Waals surface area contributed by atoms with E-state index in [1.54, 1.807) is 0 Å². The van der Waals surface area contributed by atoms with Gasteiger partial charge in [-0.1, -0.05) is 50.8 Å². The topological polar surface area (TPSA) is 29.5 Å². The summed E-state index contributed by atoms with van der Waals surface area (Å²) in [6.45, 7) is 4.39. The third kappa shape index (κ3) is 5.32. The molecule has 1 aliphatic heterocycles. The summed E-state index contributed by atoms with van der Waals surface area (Å²) >= 11 is 1.81. The summed E-state index contributed by atoms with van der Waals surface area (Å²) in [7, 11) is 0. The molecule has 118 valence electrons. The van der Waals surface area contributed by atoms with Crippen molar-refractivity contribution in [1.82, 2.24) is 0 Å². The fourth-order valence-corrected chi connectivity index (χ4v) is 4.08. The first-order valence-corrected chi connectivity index (χ1v) is 9.15. The summed E-state index contributed by atoms with van der Waals surface area (Å²) in [5.74, 6) is 1.17. The van der Waals surface area contributed by atoms with Gasteiger partial charge in [-0.2, -0.15) is 0 Å². The molecule has 0 bridgehead atoms. The van der Waals surface area contributed by atoms with Crippen molar-refractivity contribution >= 4 is 11.8 Å². The van der Waals surface area contributed by atoms with Crippen molar-refractivity contribution in [1.29, 1.82) is 0 Å². The van der Waals surface area contributed by atoms with E-state index in [0.29, 0.717) is 0 Å². The lowest BCUT2D eigenvalue weighted by Gasteiger charge is -2.23. The minimum Gasteiger partial charge on any atom is -0.368 e. The molecule has 0 spiro atoms. The first kappa shape index (κ1) is 16.9. The Morgan fingerprint density at radius 2 is 2.00 bits per heavy atom. The number of hydrogen-bond acceptors (Lipinski definition) is 3. The van der Waals surface area contributed by atoms with Crippen molar-refractivity contribution < 1.29 is 9.84 Å². The van der Waals surface area contributed by atoms with Crippen molar-refractivity contribution in [2.45, 2.75) is 69.2 Å². The maximum atomic E-state index is 10.2. The molecule has 1 fully saturated rings. The van der Waals surface area contributed by atoms with Crippen molar-refractivity contribution in [3.05, 3.63) is 30.3 Å². The van der Waals surface area contributed by atoms with Gasteiger partial charge >= 0.3 is 0 Å². The van der Waals surface area contributed by atoms with Crippen LogP contribution in [0.15, 0.2) is 35.2 Å². The molecule has 3 unspecified atom stereocenters. The minimum absolute atomic E-state index is 0.130. The number of unbranched alkanes of at least 4 members (excludes halogenated alkanes) is 3. The van der Waals surface area contributed by atoms with Gasteiger partial charge in [-0.3, -0.25) is 0 Å². The van der Waals surface area contributed by atoms with Crippen LogP contribution in [0.25, 0.3) is 0 Å². The molecule has 0 aliphatic carbocycles. The summed E-state index contributed by atoms with van der Waals surface area (Å²) in [5.41, 5.74) is -0.130. The molecule has 3 heteroatoms. The first-order chi connectivity index (χ1) is 10.1. The average Bonchev–Trinajstić information content (AvgIpc) is 2.77. The molecule has 0 aromatic heterocycles. The number of aliphatic hydroxyl groups is 1. The molecule has 2 nitrogen and oxygen atoms in total. The maximum Gasteiger partial charge on any atom is 0.158 e. The van der Waals surface area contributed by atoms with Crippen LogP contribution in [0.1, 0.15) is 52.4 Å². The number of aliphatic hydroxyl groups excluding tert-OH is 1. The van der Waals surface area contributed by atoms with Crippen LogP contribution in [0.3, 0.4) is 0 Å². The molecule has 1 aromatic rings. The third-order valence-electron chi connectivity index (χ3n) is 4.27. The quantitative estimate of drug-likeness (QED) is 0.549. The summed E-state index contributed by atoms with van der Waals surface area (Å²) in [6.07, 6.45) is 6.47. The van der Waals surface area contributed by atoms with Gasteiger partial charge in [0.1, 0.15) is 0 Å². The number of ether oxygens (including phenoxy) is 1. The lowest BCUT2D eigenvalue weighted by molar-refractivity contribution is -0.142. The van der Waals surface area contributed by atoms with E-state index in [0.717, 1.165) is 18.6 Å². The first-order valence-electron chi connectivity index (χ1n) is 8.17. The highest BCUT2D eigenvalue weighted by Crippen LogP contribution is 2.39. The van der Waals surface area contributed by atoms with E-state index in [-0.39, 0.29) is 11.5 Å². The second-order valence-corrected chi connectivity index (χ2v) is 7.45. The van der Waals surface area contributed by atoms with E-state index < -0.39 is 6.29 Å². The summed E-state index contributed by atoms with van der Waals surface area (Å²) in [6, 6.07) is 10.4. The zero-order chi connectivity index (χ0) is 15.1. The Bertz CT molecular complexity index is 409. The standard InChI is InChI=1S/C18H28O2S/c1-3-4-5-9-12-18(2)13-15(17(19)20-18)14-21-16-10-7-6-8-11-16/h6-8,10-11,15,17,19H,3-5,9,12-14H2,1-2H3. The van der Waals surface area contributed by atoms with Gasteiger partial charge in [0, 0.05) is 16.6 Å². The van der Waals surface area contributed by atoms with E-state index in [2.05, 4.69) is 38.1 Å². The van der Waals surface area contributed by atoms with Crippen LogP contribution >= 0.6 is 11.8 Å². The molecule has 1 N–H and O–H groups in total. The summed E-state index contributed by atoms with van der Waals surface area (Å²) in [4.78, 5) is 1.27. The smallest absolute Gasteiger partial charge is 0.158 e. The van der Waals surface area contributed by atoms with Crippen LogP contribution in [-0.4, -0.2) is 22.8 Å². The monoisotopic (exact) mass is 308 g/mol. The highest BCUT2D eigenvalue weighted by molar-refractivity contribution is 7.99. The zero-order valence-corrected chi connectivity index (χ0v) is 14.1. The SMILES string of the molecule is CCCCCCC1(C)CC(CSc2ccccc2)C(O)O1. The van der Waals surface area contributed by atoms with Gasteiger partial charge in [-0.15, -0.1) is 11.8 Å². The lowest BCUT2D eigenvalue weighted by atomic mass is 9.91.